The standard InChI is InChI=1S/C17H25N3O2/c1-12-10-18-16(13-2-3-13)20(12)15-4-7-19(11-15)17(21)14-5-8-22-9-6-14/h10,13-15H,2-9,11H2,1H3. The SMILES string of the molecule is Cc1cnc(C2CC2)n1C1CCN(C(=O)C2CCOCC2)C1. The predicted molar refractivity (Wildman–Crippen MR) is 82.7 cm³/mol. The zero-order chi connectivity index (χ0) is 15.1. The number of ether oxygens (including phenoxy) is 1. The van der Waals surface area contributed by atoms with Crippen LogP contribution in [0.1, 0.15) is 55.6 Å². The van der Waals surface area contributed by atoms with Crippen LogP contribution in [0.3, 0.4) is 0 Å². The summed E-state index contributed by atoms with van der Waals surface area (Å²) in [7, 11) is 0. The van der Waals surface area contributed by atoms with Crippen molar-refractivity contribution >= 4 is 5.91 Å². The van der Waals surface area contributed by atoms with E-state index >= 15 is 0 Å². The van der Waals surface area contributed by atoms with Gasteiger partial charge < -0.3 is 14.2 Å². The molecule has 0 bridgehead atoms. The predicted octanol–water partition coefficient (Wildman–Crippen LogP) is 2.27. The highest BCUT2D eigenvalue weighted by Gasteiger charge is 2.36. The minimum atomic E-state index is 0.180. The molecule has 3 fully saturated rings. The van der Waals surface area contributed by atoms with Gasteiger partial charge >= 0.3 is 0 Å². The second kappa shape index (κ2) is 5.69. The van der Waals surface area contributed by atoms with E-state index in [9.17, 15) is 4.79 Å². The first kappa shape index (κ1) is 14.2. The molecule has 0 spiro atoms. The average Bonchev–Trinajstić information content (AvgIpc) is 3.15. The molecule has 120 valence electrons. The van der Waals surface area contributed by atoms with Crippen LogP contribution in [-0.2, 0) is 9.53 Å². The van der Waals surface area contributed by atoms with Gasteiger partial charge in [-0.2, -0.15) is 0 Å². The van der Waals surface area contributed by atoms with Crippen molar-refractivity contribution in [3.63, 3.8) is 0 Å². The number of rotatable bonds is 3. The molecular weight excluding hydrogens is 278 g/mol. The smallest absolute Gasteiger partial charge is 0.225 e. The van der Waals surface area contributed by atoms with Crippen molar-refractivity contribution < 1.29 is 9.53 Å². The first-order chi connectivity index (χ1) is 10.7. The molecule has 1 atom stereocenters. The lowest BCUT2D eigenvalue weighted by Gasteiger charge is -2.26. The number of nitrogens with zero attached hydrogens (tertiary/aromatic N) is 3. The van der Waals surface area contributed by atoms with E-state index in [1.807, 2.05) is 6.20 Å². The normalized spacial score (nSPS) is 26.6. The summed E-state index contributed by atoms with van der Waals surface area (Å²) in [6.45, 7) is 5.36. The molecule has 1 aliphatic carbocycles. The van der Waals surface area contributed by atoms with Gasteiger partial charge in [-0.05, 0) is 39.0 Å². The summed E-state index contributed by atoms with van der Waals surface area (Å²) in [5.41, 5.74) is 1.24. The zero-order valence-electron chi connectivity index (χ0n) is 13.3. The third-order valence-corrected chi connectivity index (χ3v) is 5.36. The van der Waals surface area contributed by atoms with Gasteiger partial charge in [-0.1, -0.05) is 0 Å². The van der Waals surface area contributed by atoms with E-state index in [-0.39, 0.29) is 5.92 Å². The Balaban J connectivity index is 1.46. The van der Waals surface area contributed by atoms with E-state index in [4.69, 9.17) is 4.74 Å². The second-order valence-corrected chi connectivity index (χ2v) is 7.02. The summed E-state index contributed by atoms with van der Waals surface area (Å²) in [5.74, 6) is 2.44. The number of carbonyl (C=O) groups excluding carboxylic acids is 1. The van der Waals surface area contributed by atoms with E-state index in [0.29, 0.717) is 17.9 Å². The number of aryl methyl sites for hydroxylation is 1. The van der Waals surface area contributed by atoms with Gasteiger partial charge in [-0.25, -0.2) is 4.98 Å². The molecule has 0 aromatic carbocycles. The summed E-state index contributed by atoms with van der Waals surface area (Å²) in [4.78, 5) is 19.4. The lowest BCUT2D eigenvalue weighted by atomic mass is 9.99. The molecule has 0 radical (unpaired) electrons. The Bertz CT molecular complexity index is 558. The Morgan fingerprint density at radius 1 is 1.23 bits per heavy atom. The van der Waals surface area contributed by atoms with Gasteiger partial charge in [0.1, 0.15) is 5.82 Å². The minimum absolute atomic E-state index is 0.180. The molecule has 5 heteroatoms. The molecule has 1 amide bonds. The molecule has 22 heavy (non-hydrogen) atoms. The highest BCUT2D eigenvalue weighted by molar-refractivity contribution is 5.79. The van der Waals surface area contributed by atoms with Gasteiger partial charge in [0.2, 0.25) is 5.91 Å². The topological polar surface area (TPSA) is 47.4 Å². The third kappa shape index (κ3) is 2.56. The Kier molecular flexibility index (Phi) is 3.68. The average molecular weight is 303 g/mol. The van der Waals surface area contributed by atoms with Crippen molar-refractivity contribution in [1.29, 1.82) is 0 Å². The molecule has 1 saturated carbocycles. The van der Waals surface area contributed by atoms with E-state index in [2.05, 4.69) is 21.4 Å². The van der Waals surface area contributed by atoms with Crippen molar-refractivity contribution in [3.05, 3.63) is 17.7 Å². The third-order valence-electron chi connectivity index (χ3n) is 5.36. The Morgan fingerprint density at radius 2 is 2.00 bits per heavy atom. The van der Waals surface area contributed by atoms with Gasteiger partial charge in [0.15, 0.2) is 0 Å². The second-order valence-electron chi connectivity index (χ2n) is 7.02. The zero-order valence-corrected chi connectivity index (χ0v) is 13.3. The van der Waals surface area contributed by atoms with Gasteiger partial charge in [-0.3, -0.25) is 4.79 Å². The number of likely N-dealkylation sites (tertiary alicyclic amines) is 1. The lowest BCUT2D eigenvalue weighted by Crippen LogP contribution is -2.37. The molecule has 3 aliphatic rings. The fraction of sp³-hybridized carbons (Fsp3) is 0.765. The first-order valence-corrected chi connectivity index (χ1v) is 8.64. The van der Waals surface area contributed by atoms with Crippen LogP contribution < -0.4 is 0 Å². The Hall–Kier alpha value is -1.36. The van der Waals surface area contributed by atoms with Crippen molar-refractivity contribution in [1.82, 2.24) is 14.5 Å². The summed E-state index contributed by atoms with van der Waals surface area (Å²) in [6, 6.07) is 0.418. The highest BCUT2D eigenvalue weighted by atomic mass is 16.5. The Morgan fingerprint density at radius 3 is 2.73 bits per heavy atom. The fourth-order valence-electron chi connectivity index (χ4n) is 3.94. The van der Waals surface area contributed by atoms with Gasteiger partial charge in [-0.15, -0.1) is 0 Å². The van der Waals surface area contributed by atoms with Crippen LogP contribution in [0.2, 0.25) is 0 Å². The van der Waals surface area contributed by atoms with Crippen LogP contribution in [0.15, 0.2) is 6.20 Å². The molecule has 2 saturated heterocycles. The van der Waals surface area contributed by atoms with E-state index in [1.54, 1.807) is 0 Å². The van der Waals surface area contributed by atoms with Gasteiger partial charge in [0, 0.05) is 50.0 Å². The molecule has 4 rings (SSSR count). The van der Waals surface area contributed by atoms with Crippen molar-refractivity contribution in [2.75, 3.05) is 26.3 Å². The molecule has 1 aromatic heterocycles. The van der Waals surface area contributed by atoms with Crippen molar-refractivity contribution in [2.24, 2.45) is 5.92 Å². The maximum absolute atomic E-state index is 12.7. The quantitative estimate of drug-likeness (QED) is 0.860. The molecule has 3 heterocycles. The molecule has 1 aromatic rings. The largest absolute Gasteiger partial charge is 0.381 e. The Labute approximate surface area is 131 Å². The fourth-order valence-corrected chi connectivity index (χ4v) is 3.94. The van der Waals surface area contributed by atoms with Crippen LogP contribution in [-0.4, -0.2) is 46.7 Å². The first-order valence-electron chi connectivity index (χ1n) is 8.64. The van der Waals surface area contributed by atoms with E-state index in [1.165, 1.54) is 24.4 Å². The van der Waals surface area contributed by atoms with Crippen molar-refractivity contribution in [2.45, 2.75) is 51.0 Å². The summed E-state index contributed by atoms with van der Waals surface area (Å²) in [6.07, 6.45) is 7.37. The number of carbonyl (C=O) groups is 1. The van der Waals surface area contributed by atoms with Crippen molar-refractivity contribution in [3.8, 4) is 0 Å². The summed E-state index contributed by atoms with van der Waals surface area (Å²) >= 11 is 0. The van der Waals surface area contributed by atoms with Crippen LogP contribution in [0.25, 0.3) is 0 Å². The summed E-state index contributed by atoms with van der Waals surface area (Å²) < 4.78 is 7.79. The lowest BCUT2D eigenvalue weighted by molar-refractivity contribution is -0.137. The number of hydrogen-bond donors (Lipinski definition) is 0. The number of aromatic nitrogens is 2. The number of imidazole rings is 1. The molecule has 0 N–H and O–H groups in total. The van der Waals surface area contributed by atoms with E-state index in [0.717, 1.165) is 45.6 Å². The van der Waals surface area contributed by atoms with E-state index < -0.39 is 0 Å². The maximum atomic E-state index is 12.7. The molecule has 2 aliphatic heterocycles. The van der Waals surface area contributed by atoms with Gasteiger partial charge in [0.25, 0.3) is 0 Å². The molecular formula is C17H25N3O2. The summed E-state index contributed by atoms with van der Waals surface area (Å²) in [5, 5.41) is 0. The number of hydrogen-bond acceptors (Lipinski definition) is 3. The number of amides is 1. The van der Waals surface area contributed by atoms with Crippen LogP contribution in [0, 0.1) is 12.8 Å². The monoisotopic (exact) mass is 303 g/mol. The van der Waals surface area contributed by atoms with Gasteiger partial charge in [0.05, 0.1) is 6.04 Å². The molecule has 5 nitrogen and oxygen atoms in total. The van der Waals surface area contributed by atoms with Crippen LogP contribution in [0.4, 0.5) is 0 Å². The molecule has 1 unspecified atom stereocenters. The van der Waals surface area contributed by atoms with Crippen LogP contribution in [0.5, 0.6) is 0 Å². The maximum Gasteiger partial charge on any atom is 0.225 e. The van der Waals surface area contributed by atoms with Crippen LogP contribution >= 0.6 is 0 Å². The minimum Gasteiger partial charge on any atom is -0.381 e. The highest BCUT2D eigenvalue weighted by Crippen LogP contribution is 2.41.